The van der Waals surface area contributed by atoms with Crippen molar-refractivity contribution in [2.24, 2.45) is 5.92 Å². The predicted octanol–water partition coefficient (Wildman–Crippen LogP) is 3.49. The number of piperidine rings is 1. The summed E-state index contributed by atoms with van der Waals surface area (Å²) >= 11 is 0. The Morgan fingerprint density at radius 2 is 2.03 bits per heavy atom. The Hall–Kier alpha value is -3.19. The van der Waals surface area contributed by atoms with Gasteiger partial charge in [0.15, 0.2) is 0 Å². The smallest absolute Gasteiger partial charge is 0.254 e. The molecule has 5 rings (SSSR count). The van der Waals surface area contributed by atoms with E-state index >= 15 is 0 Å². The summed E-state index contributed by atoms with van der Waals surface area (Å²) in [5.74, 6) is 0.403. The fraction of sp³-hybridized carbons (Fsp3) is 0.400. The van der Waals surface area contributed by atoms with Gasteiger partial charge in [-0.2, -0.15) is 0 Å². The lowest BCUT2D eigenvalue weighted by Gasteiger charge is -2.27. The third-order valence-corrected chi connectivity index (χ3v) is 6.66. The van der Waals surface area contributed by atoms with Crippen LogP contribution in [-0.2, 0) is 22.5 Å². The Bertz CT molecular complexity index is 1140. The molecule has 2 heterocycles. The van der Waals surface area contributed by atoms with E-state index in [1.54, 1.807) is 12.4 Å². The first kappa shape index (κ1) is 20.7. The zero-order valence-electron chi connectivity index (χ0n) is 18.3. The molecule has 1 saturated heterocycles. The molecule has 2 unspecified atom stereocenters. The van der Waals surface area contributed by atoms with Gasteiger partial charge in [0.2, 0.25) is 5.91 Å². The monoisotopic (exact) mass is 432 g/mol. The van der Waals surface area contributed by atoms with Gasteiger partial charge >= 0.3 is 0 Å². The molecule has 166 valence electrons. The number of imidazole rings is 1. The Balaban J connectivity index is 1.47. The van der Waals surface area contributed by atoms with Crippen LogP contribution in [-0.4, -0.2) is 52.6 Å². The highest BCUT2D eigenvalue weighted by atomic mass is 16.5. The van der Waals surface area contributed by atoms with E-state index in [9.17, 15) is 9.59 Å². The number of fused-ring (bicyclic) bond motifs is 3. The maximum absolute atomic E-state index is 13.3. The van der Waals surface area contributed by atoms with Crippen LogP contribution in [0.2, 0.25) is 0 Å². The molecule has 2 amide bonds. The molecule has 0 spiro atoms. The minimum Gasteiger partial charge on any atom is -0.375 e. The summed E-state index contributed by atoms with van der Waals surface area (Å²) in [5, 5.41) is 2.93. The number of anilines is 1. The zero-order chi connectivity index (χ0) is 22.1. The zero-order valence-corrected chi connectivity index (χ0v) is 18.3. The van der Waals surface area contributed by atoms with Crippen LogP contribution in [0.25, 0.3) is 11.0 Å². The van der Waals surface area contributed by atoms with E-state index in [0.29, 0.717) is 28.7 Å². The molecule has 1 saturated carbocycles. The van der Waals surface area contributed by atoms with Crippen LogP contribution in [0.3, 0.4) is 0 Å². The first-order chi connectivity index (χ1) is 15.6. The lowest BCUT2D eigenvalue weighted by Crippen LogP contribution is -2.37. The average Bonchev–Trinajstić information content (AvgIpc) is 3.54. The van der Waals surface area contributed by atoms with Crippen molar-refractivity contribution >= 4 is 28.5 Å². The average molecular weight is 433 g/mol. The van der Waals surface area contributed by atoms with Gasteiger partial charge in [0.1, 0.15) is 6.61 Å². The number of rotatable bonds is 7. The van der Waals surface area contributed by atoms with Gasteiger partial charge in [0.05, 0.1) is 23.0 Å². The minimum absolute atomic E-state index is 0.0279. The first-order valence-corrected chi connectivity index (χ1v) is 11.2. The van der Waals surface area contributed by atoms with Crippen LogP contribution in [0.4, 0.5) is 5.69 Å². The summed E-state index contributed by atoms with van der Waals surface area (Å²) in [7, 11) is 1.49. The van der Waals surface area contributed by atoms with Crippen molar-refractivity contribution in [3.05, 3.63) is 59.9 Å². The first-order valence-electron chi connectivity index (χ1n) is 11.2. The van der Waals surface area contributed by atoms with Gasteiger partial charge in [-0.3, -0.25) is 9.59 Å². The number of benzene rings is 2. The third kappa shape index (κ3) is 4.00. The number of hydrogen-bond acceptors (Lipinski definition) is 4. The lowest BCUT2D eigenvalue weighted by molar-refractivity contribution is -0.119. The fourth-order valence-electron chi connectivity index (χ4n) is 5.15. The standard InChI is InChI=1S/C25H28N4O3/c1-32-15-23(30)27-22-13-19(25(31)29-14-18-7-8-20(29)11-18)12-21-24(22)28(16-26-21)10-9-17-5-3-2-4-6-17/h2-6,12-13,16,18,20H,7-11,14-15H2,1H3,(H,27,30). The second-order valence-electron chi connectivity index (χ2n) is 8.84. The van der Waals surface area contributed by atoms with E-state index in [1.807, 2.05) is 33.7 Å². The highest BCUT2D eigenvalue weighted by Crippen LogP contribution is 2.38. The van der Waals surface area contributed by atoms with Crippen molar-refractivity contribution in [1.29, 1.82) is 0 Å². The van der Waals surface area contributed by atoms with E-state index < -0.39 is 0 Å². The number of carbonyl (C=O) groups is 2. The van der Waals surface area contributed by atoms with Gasteiger partial charge < -0.3 is 19.5 Å². The molecule has 2 bridgehead atoms. The SMILES string of the molecule is COCC(=O)Nc1cc(C(=O)N2CC3CCC2C3)cc2ncn(CCc3ccccc3)c12. The number of amides is 2. The molecule has 1 aromatic heterocycles. The molecule has 0 radical (unpaired) electrons. The number of aromatic nitrogens is 2. The summed E-state index contributed by atoms with van der Waals surface area (Å²) < 4.78 is 7.03. The molecule has 2 atom stereocenters. The number of methoxy groups -OCH3 is 1. The van der Waals surface area contributed by atoms with Crippen molar-refractivity contribution in [3.8, 4) is 0 Å². The molecule has 1 N–H and O–H groups in total. The maximum Gasteiger partial charge on any atom is 0.254 e. The van der Waals surface area contributed by atoms with E-state index in [4.69, 9.17) is 4.74 Å². The molecular formula is C25H28N4O3. The quantitative estimate of drug-likeness (QED) is 0.620. The number of carbonyl (C=O) groups excluding carboxylic acids is 2. The van der Waals surface area contributed by atoms with E-state index in [0.717, 1.165) is 37.9 Å². The summed E-state index contributed by atoms with van der Waals surface area (Å²) in [6.45, 7) is 1.50. The molecule has 7 nitrogen and oxygen atoms in total. The van der Waals surface area contributed by atoms with Crippen molar-refractivity contribution in [3.63, 3.8) is 0 Å². The van der Waals surface area contributed by atoms with Crippen molar-refractivity contribution < 1.29 is 14.3 Å². The summed E-state index contributed by atoms with van der Waals surface area (Å²) in [6, 6.07) is 14.3. The minimum atomic E-state index is -0.255. The maximum atomic E-state index is 13.3. The molecule has 2 aromatic carbocycles. The highest BCUT2D eigenvalue weighted by Gasteiger charge is 2.40. The largest absolute Gasteiger partial charge is 0.375 e. The van der Waals surface area contributed by atoms with Crippen LogP contribution in [0.1, 0.15) is 35.2 Å². The number of aryl methyl sites for hydroxylation is 2. The Morgan fingerprint density at radius 1 is 1.19 bits per heavy atom. The Morgan fingerprint density at radius 3 is 2.75 bits per heavy atom. The van der Waals surface area contributed by atoms with Gasteiger partial charge in [-0.25, -0.2) is 4.98 Å². The molecule has 7 heteroatoms. The summed E-state index contributed by atoms with van der Waals surface area (Å²) in [6.07, 6.45) is 6.04. The van der Waals surface area contributed by atoms with Gasteiger partial charge in [0, 0.05) is 31.8 Å². The number of nitrogens with zero attached hydrogens (tertiary/aromatic N) is 3. The molecule has 2 fully saturated rings. The van der Waals surface area contributed by atoms with Crippen LogP contribution in [0, 0.1) is 5.92 Å². The van der Waals surface area contributed by atoms with E-state index in [1.165, 1.54) is 19.1 Å². The molecule has 1 aliphatic heterocycles. The van der Waals surface area contributed by atoms with Gasteiger partial charge in [-0.1, -0.05) is 30.3 Å². The number of hydrogen-bond donors (Lipinski definition) is 1. The Labute approximate surface area is 187 Å². The number of likely N-dealkylation sites (tertiary alicyclic amines) is 1. The van der Waals surface area contributed by atoms with Gasteiger partial charge in [0.25, 0.3) is 5.91 Å². The van der Waals surface area contributed by atoms with Gasteiger partial charge in [-0.15, -0.1) is 0 Å². The second kappa shape index (κ2) is 8.74. The fourth-order valence-corrected chi connectivity index (χ4v) is 5.15. The Kier molecular flexibility index (Phi) is 5.66. The highest BCUT2D eigenvalue weighted by molar-refractivity contribution is 6.05. The topological polar surface area (TPSA) is 76.5 Å². The molecule has 32 heavy (non-hydrogen) atoms. The normalized spacial score (nSPS) is 19.6. The number of ether oxygens (including phenoxy) is 1. The van der Waals surface area contributed by atoms with Crippen molar-refractivity contribution in [2.75, 3.05) is 25.6 Å². The molecule has 3 aromatic rings. The van der Waals surface area contributed by atoms with Gasteiger partial charge in [-0.05, 0) is 49.3 Å². The summed E-state index contributed by atoms with van der Waals surface area (Å²) in [4.78, 5) is 32.2. The van der Waals surface area contributed by atoms with E-state index in [2.05, 4.69) is 22.4 Å². The molecule has 2 aliphatic rings. The predicted molar refractivity (Wildman–Crippen MR) is 123 cm³/mol. The number of nitrogens with one attached hydrogen (secondary N) is 1. The second-order valence-corrected chi connectivity index (χ2v) is 8.84. The van der Waals surface area contributed by atoms with Crippen LogP contribution in [0.5, 0.6) is 0 Å². The third-order valence-electron chi connectivity index (χ3n) is 6.66. The molecule has 1 aliphatic carbocycles. The van der Waals surface area contributed by atoms with E-state index in [-0.39, 0.29) is 18.4 Å². The molecular weight excluding hydrogens is 404 g/mol. The van der Waals surface area contributed by atoms with Crippen molar-refractivity contribution in [1.82, 2.24) is 14.5 Å². The van der Waals surface area contributed by atoms with Crippen LogP contribution < -0.4 is 5.32 Å². The van der Waals surface area contributed by atoms with Crippen molar-refractivity contribution in [2.45, 2.75) is 38.3 Å². The lowest BCUT2D eigenvalue weighted by atomic mass is 10.1. The van der Waals surface area contributed by atoms with Crippen LogP contribution in [0.15, 0.2) is 48.8 Å². The summed E-state index contributed by atoms with van der Waals surface area (Å²) in [5.41, 5.74) is 3.94. The van der Waals surface area contributed by atoms with Crippen LogP contribution >= 0.6 is 0 Å².